The van der Waals surface area contributed by atoms with E-state index in [9.17, 15) is 0 Å². The maximum absolute atomic E-state index is 5.85. The van der Waals surface area contributed by atoms with Crippen LogP contribution in [0.4, 0.5) is 0 Å². The van der Waals surface area contributed by atoms with Crippen LogP contribution in [0.1, 0.15) is 44.9 Å². The highest BCUT2D eigenvalue weighted by molar-refractivity contribution is 4.94. The summed E-state index contributed by atoms with van der Waals surface area (Å²) < 4.78 is 0. The number of rotatable bonds is 3. The molecule has 2 nitrogen and oxygen atoms in total. The van der Waals surface area contributed by atoms with Crippen LogP contribution in [0.2, 0.25) is 0 Å². The van der Waals surface area contributed by atoms with Crippen molar-refractivity contribution in [2.45, 2.75) is 57.0 Å². The third kappa shape index (κ3) is 2.07. The van der Waals surface area contributed by atoms with Crippen molar-refractivity contribution < 1.29 is 0 Å². The van der Waals surface area contributed by atoms with E-state index in [1.165, 1.54) is 51.5 Å². The zero-order valence-corrected chi connectivity index (χ0v) is 9.70. The molecular weight excluding hydrogens is 184 g/mol. The fraction of sp³-hybridized carbons (Fsp3) is 1.00. The lowest BCUT2D eigenvalue weighted by Crippen LogP contribution is -2.53. The molecule has 3 rings (SSSR count). The van der Waals surface area contributed by atoms with E-state index < -0.39 is 0 Å². The van der Waals surface area contributed by atoms with Crippen LogP contribution in [-0.2, 0) is 0 Å². The summed E-state index contributed by atoms with van der Waals surface area (Å²) in [5, 5.41) is 0. The summed E-state index contributed by atoms with van der Waals surface area (Å²) in [7, 11) is 0. The van der Waals surface area contributed by atoms with Crippen LogP contribution in [-0.4, -0.2) is 30.1 Å². The van der Waals surface area contributed by atoms with Crippen LogP contribution in [0, 0.1) is 11.8 Å². The minimum Gasteiger partial charge on any atom is -0.330 e. The summed E-state index contributed by atoms with van der Waals surface area (Å²) >= 11 is 0. The van der Waals surface area contributed by atoms with Gasteiger partial charge in [0.2, 0.25) is 0 Å². The Morgan fingerprint density at radius 3 is 2.13 bits per heavy atom. The predicted molar refractivity (Wildman–Crippen MR) is 62.6 cm³/mol. The quantitative estimate of drug-likeness (QED) is 0.768. The Morgan fingerprint density at radius 1 is 0.933 bits per heavy atom. The predicted octanol–water partition coefficient (Wildman–Crippen LogP) is 1.99. The second kappa shape index (κ2) is 4.06. The molecule has 2 saturated heterocycles. The van der Waals surface area contributed by atoms with Crippen LogP contribution in [0.5, 0.6) is 0 Å². The molecule has 1 saturated carbocycles. The second-order valence-electron chi connectivity index (χ2n) is 5.95. The van der Waals surface area contributed by atoms with Crippen molar-refractivity contribution in [1.82, 2.24) is 4.90 Å². The summed E-state index contributed by atoms with van der Waals surface area (Å²) in [5.41, 5.74) is 5.85. The minimum absolute atomic E-state index is 0.829. The van der Waals surface area contributed by atoms with Gasteiger partial charge in [0.05, 0.1) is 0 Å². The zero-order chi connectivity index (χ0) is 10.3. The van der Waals surface area contributed by atoms with Crippen molar-refractivity contribution in [2.75, 3.05) is 13.1 Å². The van der Waals surface area contributed by atoms with Crippen molar-refractivity contribution in [2.24, 2.45) is 17.6 Å². The van der Waals surface area contributed by atoms with Crippen molar-refractivity contribution in [3.63, 3.8) is 0 Å². The van der Waals surface area contributed by atoms with Gasteiger partial charge in [-0.2, -0.15) is 0 Å². The zero-order valence-electron chi connectivity index (χ0n) is 9.70. The average molecular weight is 208 g/mol. The first-order chi connectivity index (χ1) is 7.36. The first-order valence-corrected chi connectivity index (χ1v) is 6.82. The van der Waals surface area contributed by atoms with Gasteiger partial charge in [-0.1, -0.05) is 6.42 Å². The SMILES string of the molecule is NCC1C[C@H]2CCC[C@H](C1)N2CC1CC1. The molecule has 0 unspecified atom stereocenters. The van der Waals surface area contributed by atoms with Crippen LogP contribution in [0.15, 0.2) is 0 Å². The average Bonchev–Trinajstić information content (AvgIpc) is 3.01. The molecule has 15 heavy (non-hydrogen) atoms. The van der Waals surface area contributed by atoms with E-state index in [0.717, 1.165) is 30.5 Å². The molecule has 0 aromatic rings. The van der Waals surface area contributed by atoms with E-state index in [-0.39, 0.29) is 0 Å². The molecule has 2 heteroatoms. The van der Waals surface area contributed by atoms with E-state index in [1.54, 1.807) is 0 Å². The molecule has 0 aromatic heterocycles. The topological polar surface area (TPSA) is 29.3 Å². The highest BCUT2D eigenvalue weighted by Gasteiger charge is 2.39. The summed E-state index contributed by atoms with van der Waals surface area (Å²) in [6.45, 7) is 2.33. The lowest BCUT2D eigenvalue weighted by molar-refractivity contribution is 0.0121. The summed E-state index contributed by atoms with van der Waals surface area (Å²) in [6, 6.07) is 1.79. The molecule has 3 fully saturated rings. The Labute approximate surface area is 93.2 Å². The molecule has 0 radical (unpaired) electrons. The maximum atomic E-state index is 5.85. The number of nitrogens with two attached hydrogens (primary N) is 1. The van der Waals surface area contributed by atoms with Gasteiger partial charge in [0.1, 0.15) is 0 Å². The molecule has 86 valence electrons. The van der Waals surface area contributed by atoms with Crippen LogP contribution < -0.4 is 5.73 Å². The molecule has 2 heterocycles. The number of hydrogen-bond acceptors (Lipinski definition) is 2. The van der Waals surface area contributed by atoms with Gasteiger partial charge < -0.3 is 5.73 Å². The molecule has 2 atom stereocenters. The molecule has 1 aliphatic carbocycles. The van der Waals surface area contributed by atoms with Crippen molar-refractivity contribution in [3.8, 4) is 0 Å². The van der Waals surface area contributed by atoms with Gasteiger partial charge in [-0.05, 0) is 56.9 Å². The van der Waals surface area contributed by atoms with Crippen molar-refractivity contribution in [1.29, 1.82) is 0 Å². The fourth-order valence-corrected chi connectivity index (χ4v) is 3.68. The van der Waals surface area contributed by atoms with E-state index >= 15 is 0 Å². The van der Waals surface area contributed by atoms with Gasteiger partial charge in [0, 0.05) is 18.6 Å². The molecule has 0 amide bonds. The number of hydrogen-bond donors (Lipinski definition) is 1. The van der Waals surface area contributed by atoms with Gasteiger partial charge in [0.15, 0.2) is 0 Å². The molecule has 2 aliphatic heterocycles. The van der Waals surface area contributed by atoms with E-state index in [2.05, 4.69) is 4.90 Å². The molecular formula is C13H24N2. The first-order valence-electron chi connectivity index (χ1n) is 6.82. The number of nitrogens with zero attached hydrogens (tertiary/aromatic N) is 1. The number of piperidine rings is 2. The van der Waals surface area contributed by atoms with Gasteiger partial charge in [0.25, 0.3) is 0 Å². The monoisotopic (exact) mass is 208 g/mol. The first kappa shape index (κ1) is 10.1. The van der Waals surface area contributed by atoms with E-state index in [0.29, 0.717) is 0 Å². The maximum Gasteiger partial charge on any atom is 0.0101 e. The van der Waals surface area contributed by atoms with Gasteiger partial charge >= 0.3 is 0 Å². The Hall–Kier alpha value is -0.0800. The highest BCUT2D eigenvalue weighted by atomic mass is 15.2. The third-order valence-electron chi connectivity index (χ3n) is 4.72. The van der Waals surface area contributed by atoms with Crippen LogP contribution in [0.3, 0.4) is 0 Å². The summed E-state index contributed by atoms with van der Waals surface area (Å²) in [6.07, 6.45) is 10.1. The second-order valence-corrected chi connectivity index (χ2v) is 5.95. The normalized spacial score (nSPS) is 41.8. The van der Waals surface area contributed by atoms with E-state index in [4.69, 9.17) is 5.73 Å². The van der Waals surface area contributed by atoms with Crippen LogP contribution >= 0.6 is 0 Å². The Balaban J connectivity index is 1.66. The van der Waals surface area contributed by atoms with Gasteiger partial charge in [-0.3, -0.25) is 4.90 Å². The number of fused-ring (bicyclic) bond motifs is 2. The Morgan fingerprint density at radius 2 is 1.60 bits per heavy atom. The van der Waals surface area contributed by atoms with Gasteiger partial charge in [-0.25, -0.2) is 0 Å². The standard InChI is InChI=1S/C13H24N2/c14-8-11-6-12-2-1-3-13(7-11)15(12)9-10-4-5-10/h10-13H,1-9,14H2/t12-,13-/m1/s1. The molecule has 3 aliphatic rings. The lowest BCUT2D eigenvalue weighted by atomic mass is 9.78. The summed E-state index contributed by atoms with van der Waals surface area (Å²) in [4.78, 5) is 2.85. The third-order valence-corrected chi connectivity index (χ3v) is 4.72. The fourth-order valence-electron chi connectivity index (χ4n) is 3.68. The van der Waals surface area contributed by atoms with E-state index in [1.807, 2.05) is 0 Å². The Kier molecular flexibility index (Phi) is 2.73. The lowest BCUT2D eigenvalue weighted by Gasteiger charge is -2.49. The largest absolute Gasteiger partial charge is 0.330 e. The highest BCUT2D eigenvalue weighted by Crippen LogP contribution is 2.40. The molecule has 0 spiro atoms. The molecule has 0 aromatic carbocycles. The Bertz CT molecular complexity index is 211. The smallest absolute Gasteiger partial charge is 0.0101 e. The van der Waals surface area contributed by atoms with Gasteiger partial charge in [-0.15, -0.1) is 0 Å². The summed E-state index contributed by atoms with van der Waals surface area (Å²) in [5.74, 6) is 1.89. The molecule has 2 N–H and O–H groups in total. The minimum atomic E-state index is 0.829. The van der Waals surface area contributed by atoms with Crippen molar-refractivity contribution in [3.05, 3.63) is 0 Å². The molecule has 2 bridgehead atoms. The van der Waals surface area contributed by atoms with Crippen LogP contribution in [0.25, 0.3) is 0 Å². The van der Waals surface area contributed by atoms with Crippen molar-refractivity contribution >= 4 is 0 Å².